The van der Waals surface area contributed by atoms with Gasteiger partial charge in [-0.15, -0.1) is 0 Å². The number of nitrogens with zero attached hydrogens (tertiary/aromatic N) is 1. The Labute approximate surface area is 133 Å². The number of hydrogen-bond acceptors (Lipinski definition) is 5. The number of amides is 2. The summed E-state index contributed by atoms with van der Waals surface area (Å²) in [6.07, 6.45) is 1.68. The number of imide groups is 1. The predicted molar refractivity (Wildman–Crippen MR) is 85.1 cm³/mol. The highest BCUT2D eigenvalue weighted by Gasteiger charge is 2.41. The first-order chi connectivity index (χ1) is 10.5. The Hall–Kier alpha value is -2.08. The highest BCUT2D eigenvalue weighted by atomic mass is 32.2. The summed E-state index contributed by atoms with van der Waals surface area (Å²) in [6.45, 7) is 5.30. The van der Waals surface area contributed by atoms with Gasteiger partial charge < -0.3 is 4.74 Å². The summed E-state index contributed by atoms with van der Waals surface area (Å²) in [6, 6.07) is 6.65. The second-order valence-corrected chi connectivity index (χ2v) is 5.83. The molecule has 1 heterocycles. The molecule has 2 rings (SSSR count). The summed E-state index contributed by atoms with van der Waals surface area (Å²) < 4.78 is 4.87. The van der Waals surface area contributed by atoms with Gasteiger partial charge in [0.05, 0.1) is 11.5 Å². The minimum Gasteiger partial charge on any atom is -0.464 e. The summed E-state index contributed by atoms with van der Waals surface area (Å²) in [7, 11) is 0. The van der Waals surface area contributed by atoms with Gasteiger partial charge in [0, 0.05) is 0 Å². The SMILES string of the molecule is CCOC(=O)[C@@H](C)N1C(=O)S/C(=C/c2ccccc2C)C1=O. The maximum absolute atomic E-state index is 12.4. The number of carbonyl (C=O) groups is 3. The molecule has 2 amide bonds. The lowest BCUT2D eigenvalue weighted by Gasteiger charge is -2.19. The van der Waals surface area contributed by atoms with E-state index in [0.717, 1.165) is 27.8 Å². The minimum atomic E-state index is -0.921. The number of carbonyl (C=O) groups excluding carboxylic acids is 3. The molecule has 116 valence electrons. The van der Waals surface area contributed by atoms with Crippen molar-refractivity contribution >= 4 is 35.0 Å². The fourth-order valence-electron chi connectivity index (χ4n) is 2.07. The summed E-state index contributed by atoms with van der Waals surface area (Å²) >= 11 is 0.840. The van der Waals surface area contributed by atoms with Crippen LogP contribution in [0.25, 0.3) is 6.08 Å². The zero-order chi connectivity index (χ0) is 16.3. The molecule has 22 heavy (non-hydrogen) atoms. The second kappa shape index (κ2) is 6.79. The highest BCUT2D eigenvalue weighted by molar-refractivity contribution is 8.18. The van der Waals surface area contributed by atoms with Crippen LogP contribution in [0.2, 0.25) is 0 Å². The van der Waals surface area contributed by atoms with Crippen LogP contribution in [0.3, 0.4) is 0 Å². The first kappa shape index (κ1) is 16.3. The van der Waals surface area contributed by atoms with Crippen LogP contribution in [0.15, 0.2) is 29.2 Å². The molecule has 1 fully saturated rings. The van der Waals surface area contributed by atoms with Crippen LogP contribution >= 0.6 is 11.8 Å². The quantitative estimate of drug-likeness (QED) is 0.630. The third-order valence-electron chi connectivity index (χ3n) is 3.31. The predicted octanol–water partition coefficient (Wildman–Crippen LogP) is 2.98. The van der Waals surface area contributed by atoms with Crippen LogP contribution in [-0.2, 0) is 14.3 Å². The number of esters is 1. The lowest BCUT2D eigenvalue weighted by Crippen LogP contribution is -2.42. The van der Waals surface area contributed by atoms with E-state index >= 15 is 0 Å². The van der Waals surface area contributed by atoms with Crippen LogP contribution in [0, 0.1) is 6.92 Å². The van der Waals surface area contributed by atoms with E-state index in [4.69, 9.17) is 4.74 Å². The fourth-order valence-corrected chi connectivity index (χ4v) is 2.97. The molecule has 0 spiro atoms. The van der Waals surface area contributed by atoms with E-state index in [1.165, 1.54) is 6.92 Å². The van der Waals surface area contributed by atoms with Crippen LogP contribution in [-0.4, -0.2) is 34.7 Å². The van der Waals surface area contributed by atoms with Crippen molar-refractivity contribution in [2.45, 2.75) is 26.8 Å². The topological polar surface area (TPSA) is 63.7 Å². The molecule has 1 saturated heterocycles. The highest BCUT2D eigenvalue weighted by Crippen LogP contribution is 2.34. The molecule has 5 nitrogen and oxygen atoms in total. The van der Waals surface area contributed by atoms with Gasteiger partial charge in [-0.3, -0.25) is 14.5 Å². The van der Waals surface area contributed by atoms with E-state index in [1.807, 2.05) is 31.2 Å². The van der Waals surface area contributed by atoms with Gasteiger partial charge in [0.1, 0.15) is 6.04 Å². The van der Waals surface area contributed by atoms with Crippen LogP contribution in [0.4, 0.5) is 4.79 Å². The van der Waals surface area contributed by atoms with Gasteiger partial charge in [0.15, 0.2) is 0 Å². The summed E-state index contributed by atoms with van der Waals surface area (Å²) in [5.41, 5.74) is 1.88. The molecule has 0 N–H and O–H groups in total. The van der Waals surface area contributed by atoms with E-state index in [-0.39, 0.29) is 6.61 Å². The molecule has 0 bridgehead atoms. The first-order valence-corrected chi connectivity index (χ1v) is 7.76. The van der Waals surface area contributed by atoms with E-state index in [0.29, 0.717) is 4.91 Å². The van der Waals surface area contributed by atoms with Gasteiger partial charge in [0.2, 0.25) is 0 Å². The zero-order valence-corrected chi connectivity index (χ0v) is 13.5. The maximum atomic E-state index is 12.4. The Kier molecular flexibility index (Phi) is 5.03. The van der Waals surface area contributed by atoms with Crippen molar-refractivity contribution in [3.05, 3.63) is 40.3 Å². The minimum absolute atomic E-state index is 0.207. The third kappa shape index (κ3) is 3.22. The molecular formula is C16H17NO4S. The molecule has 0 unspecified atom stereocenters. The van der Waals surface area contributed by atoms with Crippen molar-refractivity contribution in [1.29, 1.82) is 0 Å². The molecule has 0 saturated carbocycles. The number of rotatable bonds is 4. The van der Waals surface area contributed by atoms with Crippen molar-refractivity contribution in [2.75, 3.05) is 6.61 Å². The smallest absolute Gasteiger partial charge is 0.329 e. The summed E-state index contributed by atoms with van der Waals surface area (Å²) in [5.74, 6) is -1.04. The monoisotopic (exact) mass is 319 g/mol. The number of aryl methyl sites for hydroxylation is 1. The molecule has 0 aliphatic carbocycles. The van der Waals surface area contributed by atoms with Gasteiger partial charge in [-0.2, -0.15) is 0 Å². The van der Waals surface area contributed by atoms with Gasteiger partial charge >= 0.3 is 5.97 Å². The average Bonchev–Trinajstić information content (AvgIpc) is 2.75. The number of benzene rings is 1. The Morgan fingerprint density at radius 1 is 1.36 bits per heavy atom. The lowest BCUT2D eigenvalue weighted by molar-refractivity contribution is -0.150. The Morgan fingerprint density at radius 2 is 2.05 bits per heavy atom. The van der Waals surface area contributed by atoms with E-state index in [9.17, 15) is 14.4 Å². The number of ether oxygens (including phenoxy) is 1. The molecule has 6 heteroatoms. The third-order valence-corrected chi connectivity index (χ3v) is 4.20. The summed E-state index contributed by atoms with van der Waals surface area (Å²) in [4.78, 5) is 37.4. The second-order valence-electron chi connectivity index (χ2n) is 4.84. The standard InChI is InChI=1S/C16H17NO4S/c1-4-21-15(19)11(3)17-14(18)13(22-16(17)20)9-12-8-6-5-7-10(12)2/h5-9,11H,4H2,1-3H3/b13-9+/t11-/m1/s1. The molecule has 0 radical (unpaired) electrons. The molecule has 1 atom stereocenters. The summed E-state index contributed by atoms with van der Waals surface area (Å²) in [5, 5.41) is -0.453. The molecular weight excluding hydrogens is 302 g/mol. The van der Waals surface area contributed by atoms with Crippen molar-refractivity contribution in [1.82, 2.24) is 4.90 Å². The van der Waals surface area contributed by atoms with E-state index in [1.54, 1.807) is 13.0 Å². The van der Waals surface area contributed by atoms with Gasteiger partial charge in [0.25, 0.3) is 11.1 Å². The van der Waals surface area contributed by atoms with Crippen molar-refractivity contribution in [2.24, 2.45) is 0 Å². The number of thioether (sulfide) groups is 1. The zero-order valence-electron chi connectivity index (χ0n) is 12.7. The van der Waals surface area contributed by atoms with Crippen molar-refractivity contribution in [3.8, 4) is 0 Å². The molecule has 1 aliphatic rings. The first-order valence-electron chi connectivity index (χ1n) is 6.95. The van der Waals surface area contributed by atoms with Crippen LogP contribution in [0.5, 0.6) is 0 Å². The Bertz CT molecular complexity index is 653. The average molecular weight is 319 g/mol. The molecule has 0 aromatic heterocycles. The fraction of sp³-hybridized carbons (Fsp3) is 0.312. The van der Waals surface area contributed by atoms with Gasteiger partial charge in [-0.1, -0.05) is 24.3 Å². The van der Waals surface area contributed by atoms with E-state index < -0.39 is 23.2 Å². The Balaban J connectivity index is 2.26. The van der Waals surface area contributed by atoms with Gasteiger partial charge in [-0.25, -0.2) is 4.79 Å². The molecule has 1 aromatic carbocycles. The van der Waals surface area contributed by atoms with E-state index in [2.05, 4.69) is 0 Å². The van der Waals surface area contributed by atoms with Crippen LogP contribution < -0.4 is 0 Å². The van der Waals surface area contributed by atoms with Gasteiger partial charge in [-0.05, 0) is 49.7 Å². The largest absolute Gasteiger partial charge is 0.464 e. The number of hydrogen-bond donors (Lipinski definition) is 0. The van der Waals surface area contributed by atoms with Crippen molar-refractivity contribution < 1.29 is 19.1 Å². The lowest BCUT2D eigenvalue weighted by atomic mass is 10.1. The molecule has 1 aliphatic heterocycles. The normalized spacial score (nSPS) is 18.0. The Morgan fingerprint density at radius 3 is 2.68 bits per heavy atom. The van der Waals surface area contributed by atoms with Crippen LogP contribution in [0.1, 0.15) is 25.0 Å². The molecule has 1 aromatic rings. The van der Waals surface area contributed by atoms with Crippen molar-refractivity contribution in [3.63, 3.8) is 0 Å². The maximum Gasteiger partial charge on any atom is 0.329 e.